The van der Waals surface area contributed by atoms with Crippen LogP contribution in [0, 0.1) is 0 Å². The van der Waals surface area contributed by atoms with Crippen LogP contribution < -0.4 is 0 Å². The highest BCUT2D eigenvalue weighted by Gasteiger charge is 2.29. The van der Waals surface area contributed by atoms with E-state index in [9.17, 15) is 4.79 Å². The summed E-state index contributed by atoms with van der Waals surface area (Å²) in [4.78, 5) is 14.5. The van der Waals surface area contributed by atoms with Crippen molar-refractivity contribution in [3.05, 3.63) is 34.9 Å². The van der Waals surface area contributed by atoms with E-state index in [0.29, 0.717) is 16.6 Å². The molecule has 1 aromatic carbocycles. The second kappa shape index (κ2) is 6.58. The number of benzene rings is 1. The van der Waals surface area contributed by atoms with Gasteiger partial charge in [0.15, 0.2) is 0 Å². The molecule has 2 nitrogen and oxygen atoms in total. The number of alkyl halides is 1. The minimum Gasteiger partial charge on any atom is -0.336 e. The molecule has 0 saturated heterocycles. The minimum absolute atomic E-state index is 0.0752. The third-order valence-corrected chi connectivity index (χ3v) is 4.30. The first-order valence-corrected chi connectivity index (χ1v) is 7.85. The smallest absolute Gasteiger partial charge is 0.255 e. The summed E-state index contributed by atoms with van der Waals surface area (Å²) in [6.07, 6.45) is 4.45. The number of carbonyl (C=O) groups is 1. The summed E-state index contributed by atoms with van der Waals surface area (Å²) < 4.78 is 0. The molecule has 0 spiro atoms. The summed E-state index contributed by atoms with van der Waals surface area (Å²) in [6, 6.07) is 7.71. The maximum absolute atomic E-state index is 12.5. The van der Waals surface area contributed by atoms with Crippen molar-refractivity contribution in [1.29, 1.82) is 0 Å². The third kappa shape index (κ3) is 3.07. The molecule has 1 aliphatic rings. The van der Waals surface area contributed by atoms with Gasteiger partial charge in [-0.2, -0.15) is 0 Å². The van der Waals surface area contributed by atoms with Crippen LogP contribution in [-0.2, 0) is 0 Å². The van der Waals surface area contributed by atoms with Gasteiger partial charge in [-0.25, -0.2) is 0 Å². The van der Waals surface area contributed by atoms with Gasteiger partial charge in [-0.3, -0.25) is 4.79 Å². The van der Waals surface area contributed by atoms with Gasteiger partial charge in [-0.1, -0.05) is 39.7 Å². The van der Waals surface area contributed by atoms with Crippen LogP contribution in [0.4, 0.5) is 0 Å². The molecule has 4 heteroatoms. The van der Waals surface area contributed by atoms with E-state index in [-0.39, 0.29) is 5.91 Å². The van der Waals surface area contributed by atoms with Crippen LogP contribution in [0.5, 0.6) is 0 Å². The first-order chi connectivity index (χ1) is 8.74. The molecule has 0 bridgehead atoms. The lowest BCUT2D eigenvalue weighted by atomic mass is 9.91. The molecule has 0 unspecified atom stereocenters. The topological polar surface area (TPSA) is 20.3 Å². The fraction of sp³-hybridized carbons (Fsp3) is 0.500. The maximum Gasteiger partial charge on any atom is 0.255 e. The Bertz CT molecular complexity index is 420. The minimum atomic E-state index is 0.0752. The van der Waals surface area contributed by atoms with Crippen molar-refractivity contribution in [2.75, 3.05) is 11.9 Å². The molecule has 0 heterocycles. The fourth-order valence-electron chi connectivity index (χ4n) is 2.17. The van der Waals surface area contributed by atoms with Gasteiger partial charge >= 0.3 is 0 Å². The van der Waals surface area contributed by atoms with E-state index in [1.54, 1.807) is 6.07 Å². The molecular weight excluding hydrogens is 314 g/mol. The van der Waals surface area contributed by atoms with E-state index in [2.05, 4.69) is 15.9 Å². The van der Waals surface area contributed by atoms with Crippen LogP contribution in [0.2, 0.25) is 5.02 Å². The van der Waals surface area contributed by atoms with Crippen molar-refractivity contribution in [2.45, 2.75) is 31.7 Å². The van der Waals surface area contributed by atoms with Crippen molar-refractivity contribution >= 4 is 33.4 Å². The Kier molecular flexibility index (Phi) is 5.07. The lowest BCUT2D eigenvalue weighted by molar-refractivity contribution is 0.0581. The lowest BCUT2D eigenvalue weighted by Gasteiger charge is -2.37. The second-order valence-electron chi connectivity index (χ2n) is 4.61. The van der Waals surface area contributed by atoms with Crippen molar-refractivity contribution < 1.29 is 4.79 Å². The molecule has 1 aromatic rings. The molecule has 98 valence electrons. The highest BCUT2D eigenvalue weighted by Crippen LogP contribution is 2.28. The quantitative estimate of drug-likeness (QED) is 0.744. The molecule has 1 amide bonds. The fourth-order valence-corrected chi connectivity index (χ4v) is 2.64. The van der Waals surface area contributed by atoms with Gasteiger partial charge in [-0.15, -0.1) is 0 Å². The molecular formula is C14H17BrClNO. The van der Waals surface area contributed by atoms with Crippen LogP contribution >= 0.6 is 27.5 Å². The van der Waals surface area contributed by atoms with E-state index in [4.69, 9.17) is 11.6 Å². The molecule has 0 atom stereocenters. The summed E-state index contributed by atoms with van der Waals surface area (Å²) >= 11 is 9.53. The third-order valence-electron chi connectivity index (χ3n) is 3.41. The van der Waals surface area contributed by atoms with Crippen LogP contribution in [0.3, 0.4) is 0 Å². The first kappa shape index (κ1) is 13.9. The van der Waals surface area contributed by atoms with Gasteiger partial charge < -0.3 is 4.90 Å². The number of hydrogen-bond acceptors (Lipinski definition) is 1. The van der Waals surface area contributed by atoms with E-state index in [1.165, 1.54) is 6.42 Å². The largest absolute Gasteiger partial charge is 0.336 e. The average Bonchev–Trinajstić information content (AvgIpc) is 2.32. The monoisotopic (exact) mass is 329 g/mol. The van der Waals surface area contributed by atoms with E-state index >= 15 is 0 Å². The summed E-state index contributed by atoms with van der Waals surface area (Å²) in [5, 5.41) is 1.47. The zero-order chi connectivity index (χ0) is 13.0. The first-order valence-electron chi connectivity index (χ1n) is 6.35. The Morgan fingerprint density at radius 1 is 1.39 bits per heavy atom. The van der Waals surface area contributed by atoms with Gasteiger partial charge in [0.1, 0.15) is 0 Å². The van der Waals surface area contributed by atoms with Crippen LogP contribution in [0.1, 0.15) is 36.0 Å². The lowest BCUT2D eigenvalue weighted by Crippen LogP contribution is -2.44. The van der Waals surface area contributed by atoms with E-state index in [0.717, 1.165) is 31.1 Å². The van der Waals surface area contributed by atoms with Crippen molar-refractivity contribution in [2.24, 2.45) is 0 Å². The summed E-state index contributed by atoms with van der Waals surface area (Å²) in [5.74, 6) is 0.0752. The van der Waals surface area contributed by atoms with Crippen LogP contribution in [-0.4, -0.2) is 28.7 Å². The van der Waals surface area contributed by atoms with E-state index in [1.807, 2.05) is 23.1 Å². The SMILES string of the molecule is O=C(c1ccccc1Cl)N(CCCBr)C1CCC1. The van der Waals surface area contributed by atoms with Gasteiger partial charge in [0, 0.05) is 17.9 Å². The number of amides is 1. The normalized spacial score (nSPS) is 15.2. The number of carbonyl (C=O) groups excluding carboxylic acids is 1. The second-order valence-corrected chi connectivity index (χ2v) is 5.81. The molecule has 0 radical (unpaired) electrons. The maximum atomic E-state index is 12.5. The molecule has 1 aliphatic carbocycles. The van der Waals surface area contributed by atoms with Crippen LogP contribution in [0.15, 0.2) is 24.3 Å². The number of nitrogens with zero attached hydrogens (tertiary/aromatic N) is 1. The Balaban J connectivity index is 2.14. The summed E-state index contributed by atoms with van der Waals surface area (Å²) in [5.41, 5.74) is 0.626. The van der Waals surface area contributed by atoms with Crippen molar-refractivity contribution in [3.63, 3.8) is 0 Å². The average molecular weight is 331 g/mol. The summed E-state index contributed by atoms with van der Waals surface area (Å²) in [6.45, 7) is 0.806. The van der Waals surface area contributed by atoms with Crippen molar-refractivity contribution in [1.82, 2.24) is 4.90 Å². The van der Waals surface area contributed by atoms with Crippen LogP contribution in [0.25, 0.3) is 0 Å². The van der Waals surface area contributed by atoms with E-state index < -0.39 is 0 Å². The Labute approximate surface area is 121 Å². The predicted octanol–water partition coefficient (Wildman–Crippen LogP) is 4.12. The highest BCUT2D eigenvalue weighted by molar-refractivity contribution is 9.09. The molecule has 0 aromatic heterocycles. The number of rotatable bonds is 5. The molecule has 1 fully saturated rings. The zero-order valence-electron chi connectivity index (χ0n) is 10.2. The Morgan fingerprint density at radius 3 is 2.67 bits per heavy atom. The Hall–Kier alpha value is -0.540. The van der Waals surface area contributed by atoms with Crippen molar-refractivity contribution in [3.8, 4) is 0 Å². The zero-order valence-corrected chi connectivity index (χ0v) is 12.6. The summed E-state index contributed by atoms with van der Waals surface area (Å²) in [7, 11) is 0. The van der Waals surface area contributed by atoms with Gasteiger partial charge in [0.2, 0.25) is 0 Å². The molecule has 2 rings (SSSR count). The molecule has 18 heavy (non-hydrogen) atoms. The Morgan fingerprint density at radius 2 is 2.11 bits per heavy atom. The molecule has 1 saturated carbocycles. The predicted molar refractivity (Wildman–Crippen MR) is 78.5 cm³/mol. The molecule has 0 aliphatic heterocycles. The van der Waals surface area contributed by atoms with Gasteiger partial charge in [0.25, 0.3) is 5.91 Å². The molecule has 0 N–H and O–H groups in total. The van der Waals surface area contributed by atoms with Gasteiger partial charge in [0.05, 0.1) is 10.6 Å². The highest BCUT2D eigenvalue weighted by atomic mass is 79.9. The standard InChI is InChI=1S/C14H17BrClNO/c15-9-4-10-17(11-5-3-6-11)14(18)12-7-1-2-8-13(12)16/h1-2,7-8,11H,3-6,9-10H2. The van der Waals surface area contributed by atoms with Gasteiger partial charge in [-0.05, 0) is 37.8 Å². The number of halogens is 2. The number of hydrogen-bond donors (Lipinski definition) is 0.